The third-order valence-electron chi connectivity index (χ3n) is 3.50. The number of nitrogens with zero attached hydrogens (tertiary/aromatic N) is 1. The molecule has 24 heavy (non-hydrogen) atoms. The fourth-order valence-electron chi connectivity index (χ4n) is 2.47. The van der Waals surface area contributed by atoms with Crippen molar-refractivity contribution in [2.45, 2.75) is 6.92 Å². The van der Waals surface area contributed by atoms with Crippen LogP contribution in [0.5, 0.6) is 0 Å². The molecule has 2 aromatic carbocycles. The summed E-state index contributed by atoms with van der Waals surface area (Å²) in [6.07, 6.45) is 0. The number of para-hydroxylation sites is 1. The Morgan fingerprint density at radius 3 is 2.25 bits per heavy atom. The molecule has 0 fully saturated rings. The van der Waals surface area contributed by atoms with Gasteiger partial charge < -0.3 is 16.4 Å². The van der Waals surface area contributed by atoms with Gasteiger partial charge in [-0.05, 0) is 43.3 Å². The van der Waals surface area contributed by atoms with Crippen molar-refractivity contribution in [2.24, 2.45) is 5.73 Å². The molecule has 0 bridgehead atoms. The molecule has 0 atom stereocenters. The van der Waals surface area contributed by atoms with Crippen LogP contribution in [-0.2, 0) is 0 Å². The van der Waals surface area contributed by atoms with Gasteiger partial charge in [0, 0.05) is 22.5 Å². The number of rotatable bonds is 3. The van der Waals surface area contributed by atoms with Crippen molar-refractivity contribution in [3.8, 4) is 0 Å². The number of hydrogen-bond acceptors (Lipinski definition) is 3. The molecule has 0 saturated carbocycles. The molecule has 0 aliphatic heterocycles. The van der Waals surface area contributed by atoms with Crippen LogP contribution < -0.4 is 16.4 Å². The molecular weight excluding hydrogens is 304 g/mol. The summed E-state index contributed by atoms with van der Waals surface area (Å²) in [6.45, 7) is 1.85. The maximum absolute atomic E-state index is 12.6. The van der Waals surface area contributed by atoms with Crippen molar-refractivity contribution >= 4 is 34.2 Å². The number of fused-ring (bicyclic) bond motifs is 1. The van der Waals surface area contributed by atoms with E-state index >= 15 is 0 Å². The normalized spacial score (nSPS) is 10.4. The number of aromatic nitrogens is 1. The first-order chi connectivity index (χ1) is 11.5. The second kappa shape index (κ2) is 6.37. The number of hydrogen-bond donors (Lipinski definition) is 3. The minimum absolute atomic E-state index is 0.215. The van der Waals surface area contributed by atoms with E-state index in [-0.39, 0.29) is 5.91 Å². The molecule has 0 aliphatic rings. The zero-order valence-corrected chi connectivity index (χ0v) is 13.0. The molecule has 1 aromatic heterocycles. The average molecular weight is 320 g/mol. The highest BCUT2D eigenvalue weighted by Crippen LogP contribution is 2.20. The van der Waals surface area contributed by atoms with Crippen LogP contribution in [0.2, 0.25) is 0 Å². The quantitative estimate of drug-likeness (QED) is 0.690. The van der Waals surface area contributed by atoms with Gasteiger partial charge in [0.1, 0.15) is 0 Å². The average Bonchev–Trinajstić information content (AvgIpc) is 2.55. The second-order valence-corrected chi connectivity index (χ2v) is 5.35. The van der Waals surface area contributed by atoms with E-state index in [9.17, 15) is 9.59 Å². The number of carbonyl (C=O) groups excluding carboxylic acids is 2. The lowest BCUT2D eigenvalue weighted by atomic mass is 10.1. The first-order valence-corrected chi connectivity index (χ1v) is 7.37. The molecule has 6 heteroatoms. The van der Waals surface area contributed by atoms with E-state index in [0.29, 0.717) is 16.9 Å². The van der Waals surface area contributed by atoms with E-state index in [0.717, 1.165) is 16.6 Å². The molecule has 4 N–H and O–H groups in total. The van der Waals surface area contributed by atoms with E-state index in [4.69, 9.17) is 5.73 Å². The van der Waals surface area contributed by atoms with E-state index in [2.05, 4.69) is 15.6 Å². The standard InChI is InChI=1S/C18H16N4O2/c1-11-10-15(14-4-2-3-5-16(14)20-11)17(23)21-12-6-8-13(9-7-12)22-18(19)24/h2-10H,1H3,(H,21,23)(H3,19,22,24). The number of pyridine rings is 1. The van der Waals surface area contributed by atoms with E-state index < -0.39 is 6.03 Å². The molecule has 0 saturated heterocycles. The molecule has 6 nitrogen and oxygen atoms in total. The summed E-state index contributed by atoms with van der Waals surface area (Å²) in [7, 11) is 0. The van der Waals surface area contributed by atoms with Crippen LogP contribution in [-0.4, -0.2) is 16.9 Å². The van der Waals surface area contributed by atoms with E-state index in [1.807, 2.05) is 31.2 Å². The Hall–Kier alpha value is -3.41. The van der Waals surface area contributed by atoms with Gasteiger partial charge in [-0.3, -0.25) is 9.78 Å². The van der Waals surface area contributed by atoms with Gasteiger partial charge in [-0.2, -0.15) is 0 Å². The summed E-state index contributed by atoms with van der Waals surface area (Å²) in [5.41, 5.74) is 8.37. The summed E-state index contributed by atoms with van der Waals surface area (Å²) < 4.78 is 0. The number of carbonyl (C=O) groups is 2. The molecule has 3 amide bonds. The maximum Gasteiger partial charge on any atom is 0.316 e. The lowest BCUT2D eigenvalue weighted by Crippen LogP contribution is -2.19. The highest BCUT2D eigenvalue weighted by Gasteiger charge is 2.12. The third-order valence-corrected chi connectivity index (χ3v) is 3.50. The van der Waals surface area contributed by atoms with Gasteiger partial charge in [0.15, 0.2) is 0 Å². The molecule has 1 heterocycles. The fraction of sp³-hybridized carbons (Fsp3) is 0.0556. The fourth-order valence-corrected chi connectivity index (χ4v) is 2.47. The number of aryl methyl sites for hydroxylation is 1. The lowest BCUT2D eigenvalue weighted by Gasteiger charge is -2.10. The lowest BCUT2D eigenvalue weighted by molar-refractivity contribution is 0.102. The van der Waals surface area contributed by atoms with Crippen LogP contribution in [0.15, 0.2) is 54.6 Å². The minimum atomic E-state index is -0.634. The van der Waals surface area contributed by atoms with Crippen molar-refractivity contribution in [3.63, 3.8) is 0 Å². The van der Waals surface area contributed by atoms with Gasteiger partial charge >= 0.3 is 6.03 Å². The van der Waals surface area contributed by atoms with Crippen LogP contribution >= 0.6 is 0 Å². The summed E-state index contributed by atoms with van der Waals surface area (Å²) in [5, 5.41) is 6.11. The van der Waals surface area contributed by atoms with Crippen molar-refractivity contribution in [2.75, 3.05) is 10.6 Å². The number of amides is 3. The first-order valence-electron chi connectivity index (χ1n) is 7.37. The predicted molar refractivity (Wildman–Crippen MR) is 94.1 cm³/mol. The van der Waals surface area contributed by atoms with Gasteiger partial charge in [-0.1, -0.05) is 18.2 Å². The molecule has 0 spiro atoms. The summed E-state index contributed by atoms with van der Waals surface area (Å²) in [6, 6.07) is 15.4. The van der Waals surface area contributed by atoms with E-state index in [1.54, 1.807) is 30.3 Å². The summed E-state index contributed by atoms with van der Waals surface area (Å²) >= 11 is 0. The van der Waals surface area contributed by atoms with Gasteiger partial charge in [-0.25, -0.2) is 4.79 Å². The maximum atomic E-state index is 12.6. The topological polar surface area (TPSA) is 97.1 Å². The zero-order valence-electron chi connectivity index (χ0n) is 13.0. The van der Waals surface area contributed by atoms with Crippen LogP contribution in [0.25, 0.3) is 10.9 Å². The number of nitrogens with two attached hydrogens (primary N) is 1. The summed E-state index contributed by atoms with van der Waals surface area (Å²) in [4.78, 5) is 27.9. The smallest absolute Gasteiger partial charge is 0.316 e. The number of nitrogens with one attached hydrogen (secondary N) is 2. The van der Waals surface area contributed by atoms with Crippen molar-refractivity contribution in [3.05, 3.63) is 65.9 Å². The minimum Gasteiger partial charge on any atom is -0.351 e. The Kier molecular flexibility index (Phi) is 4.11. The van der Waals surface area contributed by atoms with Crippen LogP contribution in [0, 0.1) is 6.92 Å². The number of primary amides is 1. The Labute approximate surface area is 138 Å². The number of urea groups is 1. The Bertz CT molecular complexity index is 920. The Balaban J connectivity index is 1.86. The monoisotopic (exact) mass is 320 g/mol. The zero-order chi connectivity index (χ0) is 17.1. The number of benzene rings is 2. The van der Waals surface area contributed by atoms with Crippen LogP contribution in [0.4, 0.5) is 16.2 Å². The third kappa shape index (κ3) is 3.33. The molecule has 3 rings (SSSR count). The molecule has 0 aliphatic carbocycles. The SMILES string of the molecule is Cc1cc(C(=O)Nc2ccc(NC(N)=O)cc2)c2ccccc2n1. The first kappa shape index (κ1) is 15.5. The van der Waals surface area contributed by atoms with Crippen molar-refractivity contribution in [1.82, 2.24) is 4.98 Å². The Morgan fingerprint density at radius 1 is 0.958 bits per heavy atom. The number of anilines is 2. The second-order valence-electron chi connectivity index (χ2n) is 5.35. The largest absolute Gasteiger partial charge is 0.351 e. The van der Waals surface area contributed by atoms with Gasteiger partial charge in [0.25, 0.3) is 5.91 Å². The van der Waals surface area contributed by atoms with Crippen LogP contribution in [0.3, 0.4) is 0 Å². The van der Waals surface area contributed by atoms with E-state index in [1.165, 1.54) is 0 Å². The van der Waals surface area contributed by atoms with Gasteiger partial charge in [-0.15, -0.1) is 0 Å². The highest BCUT2D eigenvalue weighted by atomic mass is 16.2. The van der Waals surface area contributed by atoms with Crippen molar-refractivity contribution in [1.29, 1.82) is 0 Å². The van der Waals surface area contributed by atoms with Gasteiger partial charge in [0.05, 0.1) is 11.1 Å². The van der Waals surface area contributed by atoms with Crippen molar-refractivity contribution < 1.29 is 9.59 Å². The van der Waals surface area contributed by atoms with Gasteiger partial charge in [0.2, 0.25) is 0 Å². The molecule has 0 unspecified atom stereocenters. The predicted octanol–water partition coefficient (Wildman–Crippen LogP) is 3.29. The molecular formula is C18H16N4O2. The highest BCUT2D eigenvalue weighted by molar-refractivity contribution is 6.12. The molecule has 0 radical (unpaired) electrons. The molecule has 3 aromatic rings. The molecule has 120 valence electrons. The van der Waals surface area contributed by atoms with Crippen LogP contribution in [0.1, 0.15) is 16.1 Å². The summed E-state index contributed by atoms with van der Waals surface area (Å²) in [5.74, 6) is -0.215. The Morgan fingerprint density at radius 2 is 1.58 bits per heavy atom.